The first-order chi connectivity index (χ1) is 15.7. The summed E-state index contributed by atoms with van der Waals surface area (Å²) in [5.74, 6) is -1.30. The smallest absolute Gasteiger partial charge is 0.408 e. The van der Waals surface area contributed by atoms with E-state index >= 15 is 0 Å². The molecule has 3 amide bonds. The molecule has 196 valence electrons. The molecule has 0 radical (unpaired) electrons. The number of hydrogen-bond donors (Lipinski definition) is 4. The molecule has 0 unspecified atom stereocenters. The quantitative estimate of drug-likeness (QED) is 0.356. The minimum Gasteiger partial charge on any atom is -0.480 e. The summed E-state index contributed by atoms with van der Waals surface area (Å²) in [5, 5.41) is 17.7. The average Bonchev–Trinajstić information content (AvgIpc) is 2.73. The molecule has 1 saturated carbocycles. The predicted octanol–water partition coefficient (Wildman–Crippen LogP) is 3.46. The molecule has 0 heterocycles. The number of carbonyl (C=O) groups excluding carboxylic acids is 3. The van der Waals surface area contributed by atoms with Gasteiger partial charge in [0.05, 0.1) is 0 Å². The Morgan fingerprint density at radius 1 is 1.00 bits per heavy atom. The van der Waals surface area contributed by atoms with Crippen molar-refractivity contribution in [2.45, 2.75) is 105 Å². The SMILES string of the molecule is CC[C@@H](C)[C@H](NC(=O)OC(C)(C)C)C(=O)NCC1CCC(C(=O)N[C@H](CC(C)C)C(=O)O)CC1. The highest BCUT2D eigenvalue weighted by atomic mass is 16.6. The van der Waals surface area contributed by atoms with Gasteiger partial charge in [-0.25, -0.2) is 9.59 Å². The van der Waals surface area contributed by atoms with Crippen LogP contribution in [0.3, 0.4) is 0 Å². The third-order valence-electron chi connectivity index (χ3n) is 6.27. The zero-order valence-electron chi connectivity index (χ0n) is 21.9. The lowest BCUT2D eigenvalue weighted by atomic mass is 9.81. The number of hydrogen-bond acceptors (Lipinski definition) is 5. The summed E-state index contributed by atoms with van der Waals surface area (Å²) in [7, 11) is 0. The Kier molecular flexibility index (Phi) is 11.8. The first-order valence-electron chi connectivity index (χ1n) is 12.5. The third kappa shape index (κ3) is 10.7. The Morgan fingerprint density at radius 2 is 1.59 bits per heavy atom. The first-order valence-corrected chi connectivity index (χ1v) is 12.5. The molecule has 4 N–H and O–H groups in total. The number of nitrogens with one attached hydrogen (secondary N) is 3. The fraction of sp³-hybridized carbons (Fsp3) is 0.840. The van der Waals surface area contributed by atoms with E-state index in [0.29, 0.717) is 25.8 Å². The summed E-state index contributed by atoms with van der Waals surface area (Å²) < 4.78 is 5.30. The molecule has 34 heavy (non-hydrogen) atoms. The Labute approximate surface area is 204 Å². The number of rotatable bonds is 11. The Morgan fingerprint density at radius 3 is 2.06 bits per heavy atom. The molecular weight excluding hydrogens is 438 g/mol. The fourth-order valence-electron chi connectivity index (χ4n) is 4.10. The van der Waals surface area contributed by atoms with Gasteiger partial charge in [-0.15, -0.1) is 0 Å². The summed E-state index contributed by atoms with van der Waals surface area (Å²) >= 11 is 0. The summed E-state index contributed by atoms with van der Waals surface area (Å²) in [4.78, 5) is 49.0. The van der Waals surface area contributed by atoms with Crippen molar-refractivity contribution in [2.24, 2.45) is 23.7 Å². The molecule has 0 spiro atoms. The van der Waals surface area contributed by atoms with Crippen molar-refractivity contribution >= 4 is 23.9 Å². The van der Waals surface area contributed by atoms with Gasteiger partial charge in [0.1, 0.15) is 17.7 Å². The van der Waals surface area contributed by atoms with Crippen LogP contribution in [0.15, 0.2) is 0 Å². The van der Waals surface area contributed by atoms with Gasteiger partial charge in [-0.3, -0.25) is 9.59 Å². The van der Waals surface area contributed by atoms with Crippen molar-refractivity contribution in [3.8, 4) is 0 Å². The molecule has 1 aliphatic carbocycles. The lowest BCUT2D eigenvalue weighted by Crippen LogP contribution is -2.52. The maximum Gasteiger partial charge on any atom is 0.408 e. The normalized spacial score (nSPS) is 21.2. The largest absolute Gasteiger partial charge is 0.480 e. The van der Waals surface area contributed by atoms with Gasteiger partial charge in [-0.05, 0) is 70.6 Å². The second-order valence-corrected chi connectivity index (χ2v) is 11.0. The Balaban J connectivity index is 2.55. The molecule has 1 aliphatic rings. The molecule has 0 bridgehead atoms. The number of carbonyl (C=O) groups is 4. The summed E-state index contributed by atoms with van der Waals surface area (Å²) in [5.41, 5.74) is -0.648. The number of carboxylic acid groups (broad SMARTS) is 1. The zero-order valence-corrected chi connectivity index (χ0v) is 21.9. The van der Waals surface area contributed by atoms with Crippen LogP contribution in [0.4, 0.5) is 4.79 Å². The minimum atomic E-state index is -1.01. The van der Waals surface area contributed by atoms with Gasteiger partial charge >= 0.3 is 12.1 Å². The van der Waals surface area contributed by atoms with Crippen LogP contribution in [-0.2, 0) is 19.1 Å². The zero-order chi connectivity index (χ0) is 26.1. The van der Waals surface area contributed by atoms with E-state index in [1.54, 1.807) is 20.8 Å². The lowest BCUT2D eigenvalue weighted by Gasteiger charge is -2.30. The van der Waals surface area contributed by atoms with E-state index in [9.17, 15) is 24.3 Å². The molecule has 1 rings (SSSR count). The third-order valence-corrected chi connectivity index (χ3v) is 6.27. The number of aliphatic carboxylic acids is 1. The van der Waals surface area contributed by atoms with E-state index in [1.165, 1.54) is 0 Å². The lowest BCUT2D eigenvalue weighted by molar-refractivity contribution is -0.143. The van der Waals surface area contributed by atoms with Gasteiger partial charge in [0, 0.05) is 12.5 Å². The summed E-state index contributed by atoms with van der Waals surface area (Å²) in [6.45, 7) is 13.5. The number of amides is 3. The molecule has 0 aromatic heterocycles. The van der Waals surface area contributed by atoms with Crippen LogP contribution in [0.1, 0.15) is 87.0 Å². The molecule has 9 nitrogen and oxygen atoms in total. The van der Waals surface area contributed by atoms with Crippen molar-refractivity contribution in [3.63, 3.8) is 0 Å². The average molecular weight is 484 g/mol. The summed E-state index contributed by atoms with van der Waals surface area (Å²) in [6, 6.07) is -1.55. The van der Waals surface area contributed by atoms with E-state index in [0.717, 1.165) is 19.3 Å². The van der Waals surface area contributed by atoms with Crippen LogP contribution in [0.5, 0.6) is 0 Å². The van der Waals surface area contributed by atoms with Crippen LogP contribution in [0.25, 0.3) is 0 Å². The predicted molar refractivity (Wildman–Crippen MR) is 130 cm³/mol. The Hall–Kier alpha value is -2.32. The second-order valence-electron chi connectivity index (χ2n) is 11.0. The number of carboxylic acids is 1. The molecule has 0 aromatic rings. The van der Waals surface area contributed by atoms with Crippen molar-refractivity contribution in [1.82, 2.24) is 16.0 Å². The second kappa shape index (κ2) is 13.5. The highest BCUT2D eigenvalue weighted by Gasteiger charge is 2.31. The topological polar surface area (TPSA) is 134 Å². The Bertz CT molecular complexity index is 695. The monoisotopic (exact) mass is 483 g/mol. The molecule has 0 aromatic carbocycles. The maximum absolute atomic E-state index is 12.8. The molecule has 9 heteroatoms. The van der Waals surface area contributed by atoms with Crippen molar-refractivity contribution in [3.05, 3.63) is 0 Å². The standard InChI is InChI=1S/C25H45N3O6/c1-8-16(4)20(28-24(33)34-25(5,6)7)22(30)26-14-17-9-11-18(12-10-17)21(29)27-19(23(31)32)13-15(2)3/h15-20H,8-14H2,1-7H3,(H,26,30)(H,27,29)(H,28,33)(H,31,32)/t16-,17?,18?,19-,20+/m1/s1. The van der Waals surface area contributed by atoms with Crippen LogP contribution in [-0.4, -0.2) is 53.2 Å². The van der Waals surface area contributed by atoms with E-state index in [4.69, 9.17) is 4.74 Å². The highest BCUT2D eigenvalue weighted by Crippen LogP contribution is 2.29. The van der Waals surface area contributed by atoms with E-state index in [1.807, 2.05) is 27.7 Å². The van der Waals surface area contributed by atoms with Gasteiger partial charge in [0.15, 0.2) is 0 Å². The van der Waals surface area contributed by atoms with Crippen molar-refractivity contribution in [1.29, 1.82) is 0 Å². The molecular formula is C25H45N3O6. The van der Waals surface area contributed by atoms with Crippen molar-refractivity contribution in [2.75, 3.05) is 6.54 Å². The maximum atomic E-state index is 12.8. The van der Waals surface area contributed by atoms with E-state index < -0.39 is 29.7 Å². The fourth-order valence-corrected chi connectivity index (χ4v) is 4.10. The first kappa shape index (κ1) is 29.7. The van der Waals surface area contributed by atoms with Crippen LogP contribution in [0.2, 0.25) is 0 Å². The number of alkyl carbamates (subject to hydrolysis) is 1. The molecule has 3 atom stereocenters. The van der Waals surface area contributed by atoms with Gasteiger partial charge in [-0.1, -0.05) is 34.1 Å². The van der Waals surface area contributed by atoms with Crippen LogP contribution >= 0.6 is 0 Å². The van der Waals surface area contributed by atoms with Gasteiger partial charge in [-0.2, -0.15) is 0 Å². The molecule has 0 aliphatic heterocycles. The van der Waals surface area contributed by atoms with Gasteiger partial charge in [0.2, 0.25) is 11.8 Å². The number of ether oxygens (including phenoxy) is 1. The highest BCUT2D eigenvalue weighted by molar-refractivity contribution is 5.86. The van der Waals surface area contributed by atoms with Crippen LogP contribution < -0.4 is 16.0 Å². The van der Waals surface area contributed by atoms with E-state index in [2.05, 4.69) is 16.0 Å². The molecule has 1 fully saturated rings. The minimum absolute atomic E-state index is 0.0556. The summed E-state index contributed by atoms with van der Waals surface area (Å²) in [6.07, 6.45) is 3.37. The molecule has 0 saturated heterocycles. The van der Waals surface area contributed by atoms with Gasteiger partial charge in [0.25, 0.3) is 0 Å². The van der Waals surface area contributed by atoms with Crippen molar-refractivity contribution < 1.29 is 29.0 Å². The van der Waals surface area contributed by atoms with E-state index in [-0.39, 0.29) is 35.5 Å². The van der Waals surface area contributed by atoms with Gasteiger partial charge < -0.3 is 25.8 Å². The van der Waals surface area contributed by atoms with Crippen LogP contribution in [0, 0.1) is 23.7 Å².